The molecule has 0 bridgehead atoms. The maximum atomic E-state index is 13.4. The number of hydrogen-bond donors (Lipinski definition) is 2. The number of nitrogens with one attached hydrogen (secondary N) is 1. The Kier molecular flexibility index (Phi) is 5.37. The largest absolute Gasteiger partial charge is 0.396 e. The number of carbonyl (C=O) groups is 2. The molecule has 2 N–H and O–H groups in total. The molecule has 1 aliphatic carbocycles. The molecule has 168 valence electrons. The minimum atomic E-state index is -0.702. The van der Waals surface area contributed by atoms with Gasteiger partial charge in [-0.05, 0) is 37.0 Å². The van der Waals surface area contributed by atoms with Gasteiger partial charge < -0.3 is 19.9 Å². The van der Waals surface area contributed by atoms with Gasteiger partial charge in [0.15, 0.2) is 0 Å². The predicted octanol–water partition coefficient (Wildman–Crippen LogP) is 1.94. The fourth-order valence-electron chi connectivity index (χ4n) is 5.46. The molecule has 7 heteroatoms. The molecule has 2 aromatic rings. The topological polar surface area (TPSA) is 91.6 Å². The molecule has 1 aromatic heterocycles. The average molecular weight is 436 g/mol. The number of fused-ring (bicyclic) bond motifs is 3. The van der Waals surface area contributed by atoms with Crippen molar-refractivity contribution in [1.29, 1.82) is 0 Å². The number of aliphatic hydroxyl groups excluding tert-OH is 1. The van der Waals surface area contributed by atoms with Crippen LogP contribution in [0.4, 0.5) is 0 Å². The normalized spacial score (nSPS) is 26.0. The zero-order valence-electron chi connectivity index (χ0n) is 18.2. The van der Waals surface area contributed by atoms with Crippen molar-refractivity contribution in [3.8, 4) is 11.1 Å². The molecular formula is C25H29N3O4. The third kappa shape index (κ3) is 3.26. The maximum Gasteiger partial charge on any atom is 0.258 e. The minimum absolute atomic E-state index is 0.0272. The summed E-state index contributed by atoms with van der Waals surface area (Å²) in [5, 5.41) is 13.2. The first-order chi connectivity index (χ1) is 15.6. The molecule has 2 aliphatic heterocycles. The molecule has 5 rings (SSSR count). The van der Waals surface area contributed by atoms with Gasteiger partial charge in [-0.3, -0.25) is 14.4 Å². The summed E-state index contributed by atoms with van der Waals surface area (Å²) in [6, 6.07) is 12.2. The Morgan fingerprint density at radius 3 is 2.53 bits per heavy atom. The highest BCUT2D eigenvalue weighted by Gasteiger charge is 2.58. The van der Waals surface area contributed by atoms with Gasteiger partial charge in [-0.15, -0.1) is 0 Å². The lowest BCUT2D eigenvalue weighted by Crippen LogP contribution is -2.51. The predicted molar refractivity (Wildman–Crippen MR) is 120 cm³/mol. The van der Waals surface area contributed by atoms with Crippen molar-refractivity contribution >= 4 is 11.8 Å². The van der Waals surface area contributed by atoms with Gasteiger partial charge in [0.2, 0.25) is 11.8 Å². The standard InChI is InChI=1S/C25H29N3O4/c1-2-12-26-23(30)22-19(14-29)18-13-27-20(21(18)28(22)24(31)16-8-9-16)11-10-17(25(27)32)15-6-4-3-5-7-15/h3-7,10-11,16,18-19,21-22,29H,2,8-9,12-14H2,1H3,(H,26,30)/t18-,19-,21+,22-/m0/s1. The monoisotopic (exact) mass is 435 g/mol. The van der Waals surface area contributed by atoms with E-state index < -0.39 is 12.0 Å². The fraction of sp³-hybridized carbons (Fsp3) is 0.480. The van der Waals surface area contributed by atoms with E-state index in [9.17, 15) is 19.5 Å². The number of likely N-dealkylation sites (tertiary alicyclic amines) is 1. The Hall–Kier alpha value is -2.93. The molecule has 0 unspecified atom stereocenters. The summed E-state index contributed by atoms with van der Waals surface area (Å²) in [6.45, 7) is 2.71. The van der Waals surface area contributed by atoms with Crippen LogP contribution in [0.2, 0.25) is 0 Å². The van der Waals surface area contributed by atoms with E-state index in [0.29, 0.717) is 18.7 Å². The third-order valence-corrected chi connectivity index (χ3v) is 7.16. The van der Waals surface area contributed by atoms with Crippen LogP contribution in [0.3, 0.4) is 0 Å². The molecule has 3 heterocycles. The van der Waals surface area contributed by atoms with Crippen LogP contribution in [0.15, 0.2) is 47.3 Å². The second kappa shape index (κ2) is 8.20. The highest BCUT2D eigenvalue weighted by molar-refractivity contribution is 5.91. The van der Waals surface area contributed by atoms with Crippen LogP contribution in [-0.2, 0) is 16.1 Å². The number of nitrogens with zero attached hydrogens (tertiary/aromatic N) is 2. The molecule has 3 aliphatic rings. The van der Waals surface area contributed by atoms with Gasteiger partial charge in [0.1, 0.15) is 6.04 Å². The summed E-state index contributed by atoms with van der Waals surface area (Å²) in [6.07, 6.45) is 2.46. The Labute approximate surface area is 187 Å². The van der Waals surface area contributed by atoms with Crippen molar-refractivity contribution in [3.05, 3.63) is 58.5 Å². The minimum Gasteiger partial charge on any atom is -0.396 e. The van der Waals surface area contributed by atoms with E-state index in [2.05, 4.69) is 5.32 Å². The molecule has 1 saturated carbocycles. The van der Waals surface area contributed by atoms with Crippen LogP contribution in [0.5, 0.6) is 0 Å². The van der Waals surface area contributed by atoms with E-state index in [1.54, 1.807) is 9.47 Å². The molecule has 1 saturated heterocycles. The first-order valence-electron chi connectivity index (χ1n) is 11.6. The van der Waals surface area contributed by atoms with E-state index in [1.165, 1.54) is 0 Å². The number of pyridine rings is 1. The van der Waals surface area contributed by atoms with Gasteiger partial charge in [-0.1, -0.05) is 37.3 Å². The SMILES string of the molecule is CCCNC(=O)[C@@H]1[C@@H](CO)[C@@H]2Cn3c(ccc(-c4ccccc4)c3=O)[C@@H]2N1C(=O)C1CC1. The van der Waals surface area contributed by atoms with Crippen molar-refractivity contribution in [2.45, 2.75) is 44.8 Å². The molecule has 32 heavy (non-hydrogen) atoms. The second-order valence-corrected chi connectivity index (χ2v) is 9.16. The van der Waals surface area contributed by atoms with Crippen LogP contribution in [0.1, 0.15) is 37.9 Å². The van der Waals surface area contributed by atoms with Gasteiger partial charge in [-0.2, -0.15) is 0 Å². The Bertz CT molecular complexity index is 1090. The molecular weight excluding hydrogens is 406 g/mol. The van der Waals surface area contributed by atoms with Crippen molar-refractivity contribution in [3.63, 3.8) is 0 Å². The summed E-state index contributed by atoms with van der Waals surface area (Å²) in [4.78, 5) is 41.5. The lowest BCUT2D eigenvalue weighted by atomic mass is 9.88. The maximum absolute atomic E-state index is 13.4. The number of amides is 2. The van der Waals surface area contributed by atoms with Crippen LogP contribution >= 0.6 is 0 Å². The van der Waals surface area contributed by atoms with Gasteiger partial charge in [0.25, 0.3) is 5.56 Å². The number of aliphatic hydroxyl groups is 1. The van der Waals surface area contributed by atoms with Crippen LogP contribution < -0.4 is 10.9 Å². The van der Waals surface area contributed by atoms with E-state index >= 15 is 0 Å². The second-order valence-electron chi connectivity index (χ2n) is 9.16. The third-order valence-electron chi connectivity index (χ3n) is 7.16. The lowest BCUT2D eigenvalue weighted by Gasteiger charge is -2.31. The number of carbonyl (C=O) groups excluding carboxylic acids is 2. The molecule has 1 aromatic carbocycles. The van der Waals surface area contributed by atoms with Gasteiger partial charge >= 0.3 is 0 Å². The molecule has 2 amide bonds. The van der Waals surface area contributed by atoms with Crippen molar-refractivity contribution < 1.29 is 14.7 Å². The quantitative estimate of drug-likeness (QED) is 0.726. The molecule has 4 atom stereocenters. The molecule has 2 fully saturated rings. The molecule has 0 spiro atoms. The highest BCUT2D eigenvalue weighted by atomic mass is 16.3. The molecule has 7 nitrogen and oxygen atoms in total. The van der Waals surface area contributed by atoms with E-state index in [0.717, 1.165) is 30.5 Å². The van der Waals surface area contributed by atoms with Crippen molar-refractivity contribution in [2.24, 2.45) is 17.8 Å². The first kappa shape index (κ1) is 20.9. The Morgan fingerprint density at radius 1 is 1.12 bits per heavy atom. The summed E-state index contributed by atoms with van der Waals surface area (Å²) < 4.78 is 1.74. The summed E-state index contributed by atoms with van der Waals surface area (Å²) in [7, 11) is 0. The van der Waals surface area contributed by atoms with Gasteiger partial charge in [0, 0.05) is 48.7 Å². The molecule has 0 radical (unpaired) electrons. The number of rotatable bonds is 6. The van der Waals surface area contributed by atoms with E-state index in [4.69, 9.17) is 0 Å². The Morgan fingerprint density at radius 2 is 1.88 bits per heavy atom. The number of benzene rings is 1. The zero-order chi connectivity index (χ0) is 22.4. The summed E-state index contributed by atoms with van der Waals surface area (Å²) in [5.41, 5.74) is 2.14. The zero-order valence-corrected chi connectivity index (χ0v) is 18.2. The average Bonchev–Trinajstić information content (AvgIpc) is 3.52. The smallest absolute Gasteiger partial charge is 0.258 e. The van der Waals surface area contributed by atoms with Crippen molar-refractivity contribution in [2.75, 3.05) is 13.2 Å². The van der Waals surface area contributed by atoms with Gasteiger partial charge in [-0.25, -0.2) is 0 Å². The first-order valence-corrected chi connectivity index (χ1v) is 11.6. The highest BCUT2D eigenvalue weighted by Crippen LogP contribution is 2.51. The number of aromatic nitrogens is 1. The van der Waals surface area contributed by atoms with E-state index in [1.807, 2.05) is 49.4 Å². The van der Waals surface area contributed by atoms with E-state index in [-0.39, 0.29) is 41.9 Å². The Balaban J connectivity index is 1.57. The fourth-order valence-corrected chi connectivity index (χ4v) is 5.46. The van der Waals surface area contributed by atoms with Crippen LogP contribution in [0, 0.1) is 17.8 Å². The van der Waals surface area contributed by atoms with Gasteiger partial charge in [0.05, 0.1) is 6.04 Å². The summed E-state index contributed by atoms with van der Waals surface area (Å²) >= 11 is 0. The number of hydrogen-bond acceptors (Lipinski definition) is 4. The van der Waals surface area contributed by atoms with Crippen LogP contribution in [-0.4, -0.2) is 45.6 Å². The van der Waals surface area contributed by atoms with Crippen LogP contribution in [0.25, 0.3) is 11.1 Å². The van der Waals surface area contributed by atoms with Crippen molar-refractivity contribution in [1.82, 2.24) is 14.8 Å². The summed E-state index contributed by atoms with van der Waals surface area (Å²) in [5.74, 6) is -0.860. The lowest BCUT2D eigenvalue weighted by molar-refractivity contribution is -0.142.